The summed E-state index contributed by atoms with van der Waals surface area (Å²) >= 11 is 5.61. The SMILES string of the molecule is Cc1nc(-c2cc3c(C)c(C)c(Br)c(C)c3s2)c(C)c(C)c1C. The highest BCUT2D eigenvalue weighted by molar-refractivity contribution is 9.10. The van der Waals surface area contributed by atoms with Gasteiger partial charge in [-0.2, -0.15) is 0 Å². The van der Waals surface area contributed by atoms with Gasteiger partial charge in [0.1, 0.15) is 0 Å². The maximum Gasteiger partial charge on any atom is 0.0837 e. The minimum atomic E-state index is 1.13. The van der Waals surface area contributed by atoms with E-state index < -0.39 is 0 Å². The minimum Gasteiger partial charge on any atom is -0.252 e. The Kier molecular flexibility index (Phi) is 4.14. The highest BCUT2D eigenvalue weighted by Crippen LogP contribution is 2.42. The van der Waals surface area contributed by atoms with E-state index in [4.69, 9.17) is 4.98 Å². The molecule has 0 unspecified atom stereocenters. The van der Waals surface area contributed by atoms with E-state index in [0.717, 1.165) is 11.4 Å². The number of nitrogens with zero attached hydrogens (tertiary/aromatic N) is 1. The Morgan fingerprint density at radius 3 is 2.09 bits per heavy atom. The maximum atomic E-state index is 4.90. The number of thiophene rings is 1. The molecule has 1 aromatic carbocycles. The fourth-order valence-corrected chi connectivity index (χ4v) is 5.01. The topological polar surface area (TPSA) is 12.9 Å². The molecule has 0 radical (unpaired) electrons. The molecule has 0 aliphatic heterocycles. The highest BCUT2D eigenvalue weighted by Gasteiger charge is 2.17. The van der Waals surface area contributed by atoms with Crippen molar-refractivity contribution >= 4 is 37.4 Å². The predicted octanol–water partition coefficient (Wildman–Crippen LogP) is 6.88. The molecule has 3 aromatic rings. The lowest BCUT2D eigenvalue weighted by molar-refractivity contribution is 1.10. The summed E-state index contributed by atoms with van der Waals surface area (Å²) in [6.45, 7) is 15.3. The van der Waals surface area contributed by atoms with Crippen LogP contribution in [0.5, 0.6) is 0 Å². The van der Waals surface area contributed by atoms with E-state index in [1.54, 1.807) is 0 Å². The molecule has 0 N–H and O–H groups in total. The third kappa shape index (κ3) is 2.45. The number of aromatic nitrogens is 1. The third-order valence-electron chi connectivity index (χ3n) is 5.23. The quantitative estimate of drug-likeness (QED) is 0.443. The summed E-state index contributed by atoms with van der Waals surface area (Å²) < 4.78 is 2.60. The molecule has 0 saturated carbocycles. The number of aryl methyl sites for hydroxylation is 3. The molecular weight excluding hydrogens is 366 g/mol. The van der Waals surface area contributed by atoms with Gasteiger partial charge in [0.2, 0.25) is 0 Å². The van der Waals surface area contributed by atoms with Gasteiger partial charge in [-0.15, -0.1) is 11.3 Å². The van der Waals surface area contributed by atoms with Crippen LogP contribution in [-0.2, 0) is 0 Å². The van der Waals surface area contributed by atoms with Crippen molar-refractivity contribution in [1.82, 2.24) is 4.98 Å². The number of pyridine rings is 1. The van der Waals surface area contributed by atoms with Crippen LogP contribution in [0.1, 0.15) is 39.1 Å². The molecule has 0 bridgehead atoms. The Morgan fingerprint density at radius 2 is 1.43 bits per heavy atom. The van der Waals surface area contributed by atoms with E-state index in [1.165, 1.54) is 52.8 Å². The van der Waals surface area contributed by atoms with Gasteiger partial charge in [-0.25, -0.2) is 0 Å². The van der Waals surface area contributed by atoms with Crippen molar-refractivity contribution in [3.05, 3.63) is 49.6 Å². The van der Waals surface area contributed by atoms with Crippen molar-refractivity contribution < 1.29 is 0 Å². The molecule has 0 aliphatic rings. The van der Waals surface area contributed by atoms with Crippen molar-refractivity contribution in [3.8, 4) is 10.6 Å². The first kappa shape index (κ1) is 16.7. The van der Waals surface area contributed by atoms with Gasteiger partial charge in [-0.3, -0.25) is 4.98 Å². The van der Waals surface area contributed by atoms with Crippen LogP contribution in [0.2, 0.25) is 0 Å². The first-order valence-corrected chi connectivity index (χ1v) is 9.48. The van der Waals surface area contributed by atoms with E-state index in [-0.39, 0.29) is 0 Å². The Morgan fingerprint density at radius 1 is 0.783 bits per heavy atom. The molecule has 0 saturated heterocycles. The zero-order valence-corrected chi connectivity index (χ0v) is 17.2. The lowest BCUT2D eigenvalue weighted by atomic mass is 9.99. The fraction of sp³-hybridized carbons (Fsp3) is 0.350. The van der Waals surface area contributed by atoms with Crippen LogP contribution in [0.15, 0.2) is 10.5 Å². The average Bonchev–Trinajstić information content (AvgIpc) is 2.97. The van der Waals surface area contributed by atoms with Crippen molar-refractivity contribution in [1.29, 1.82) is 0 Å². The second kappa shape index (κ2) is 5.71. The number of rotatable bonds is 1. The molecule has 0 amide bonds. The molecule has 0 fully saturated rings. The number of hydrogen-bond donors (Lipinski definition) is 0. The lowest BCUT2D eigenvalue weighted by Gasteiger charge is -2.11. The maximum absolute atomic E-state index is 4.90. The first-order chi connectivity index (χ1) is 10.7. The number of halogens is 1. The third-order valence-corrected chi connectivity index (χ3v) is 7.68. The van der Waals surface area contributed by atoms with Crippen LogP contribution in [-0.4, -0.2) is 4.98 Å². The Bertz CT molecular complexity index is 906. The van der Waals surface area contributed by atoms with E-state index in [2.05, 4.69) is 70.5 Å². The standard InChI is InChI=1S/C20H22BrNS/c1-9-10(2)15(7)22-19(13(9)5)17-8-16-11(3)12(4)18(21)14(6)20(16)23-17/h8H,1-7H3. The van der Waals surface area contributed by atoms with Crippen LogP contribution in [0.25, 0.3) is 20.7 Å². The molecule has 0 aliphatic carbocycles. The first-order valence-electron chi connectivity index (χ1n) is 7.87. The number of benzene rings is 1. The summed E-state index contributed by atoms with van der Waals surface area (Å²) in [6, 6.07) is 2.32. The molecule has 3 rings (SSSR count). The summed E-state index contributed by atoms with van der Waals surface area (Å²) in [7, 11) is 0. The van der Waals surface area contributed by atoms with Crippen molar-refractivity contribution in [2.75, 3.05) is 0 Å². The van der Waals surface area contributed by atoms with Crippen molar-refractivity contribution in [3.63, 3.8) is 0 Å². The Hall–Kier alpha value is -1.19. The van der Waals surface area contributed by atoms with Crippen LogP contribution in [0, 0.1) is 48.5 Å². The molecule has 2 heterocycles. The van der Waals surface area contributed by atoms with E-state index in [9.17, 15) is 0 Å². The summed E-state index contributed by atoms with van der Waals surface area (Å²) in [5.74, 6) is 0. The van der Waals surface area contributed by atoms with E-state index >= 15 is 0 Å². The smallest absolute Gasteiger partial charge is 0.0837 e. The molecule has 2 aromatic heterocycles. The molecule has 3 heteroatoms. The number of fused-ring (bicyclic) bond motifs is 1. The van der Waals surface area contributed by atoms with E-state index in [0.29, 0.717) is 0 Å². The zero-order chi connectivity index (χ0) is 17.0. The van der Waals surface area contributed by atoms with Gasteiger partial charge >= 0.3 is 0 Å². The normalized spacial score (nSPS) is 11.5. The van der Waals surface area contributed by atoms with Gasteiger partial charge in [0.25, 0.3) is 0 Å². The van der Waals surface area contributed by atoms with Gasteiger partial charge in [0, 0.05) is 14.9 Å². The summed E-state index contributed by atoms with van der Waals surface area (Å²) in [5, 5.41) is 1.36. The van der Waals surface area contributed by atoms with Crippen LogP contribution in [0.4, 0.5) is 0 Å². The van der Waals surface area contributed by atoms with Gasteiger partial charge in [0.15, 0.2) is 0 Å². The Balaban J connectivity index is 2.36. The Labute approximate surface area is 150 Å². The summed E-state index contributed by atoms with van der Waals surface area (Å²) in [5.41, 5.74) is 10.3. The van der Waals surface area contributed by atoms with Crippen LogP contribution < -0.4 is 0 Å². The monoisotopic (exact) mass is 387 g/mol. The van der Waals surface area contributed by atoms with Gasteiger partial charge in [-0.05, 0) is 93.3 Å². The molecule has 1 nitrogen and oxygen atoms in total. The number of hydrogen-bond acceptors (Lipinski definition) is 2. The van der Waals surface area contributed by atoms with Crippen LogP contribution in [0.3, 0.4) is 0 Å². The minimum absolute atomic E-state index is 1.13. The average molecular weight is 388 g/mol. The summed E-state index contributed by atoms with van der Waals surface area (Å²) in [4.78, 5) is 6.17. The molecule has 0 atom stereocenters. The van der Waals surface area contributed by atoms with Crippen LogP contribution >= 0.6 is 27.3 Å². The molecular formula is C20H22BrNS. The lowest BCUT2D eigenvalue weighted by Crippen LogP contribution is -1.98. The van der Waals surface area contributed by atoms with E-state index in [1.807, 2.05) is 11.3 Å². The van der Waals surface area contributed by atoms with Gasteiger partial charge in [0.05, 0.1) is 10.6 Å². The van der Waals surface area contributed by atoms with Crippen molar-refractivity contribution in [2.45, 2.75) is 48.5 Å². The summed E-state index contributed by atoms with van der Waals surface area (Å²) in [6.07, 6.45) is 0. The molecule has 120 valence electrons. The van der Waals surface area contributed by atoms with Gasteiger partial charge < -0.3 is 0 Å². The second-order valence-electron chi connectivity index (χ2n) is 6.46. The highest BCUT2D eigenvalue weighted by atomic mass is 79.9. The second-order valence-corrected chi connectivity index (χ2v) is 8.31. The van der Waals surface area contributed by atoms with Crippen molar-refractivity contribution in [2.24, 2.45) is 0 Å². The zero-order valence-electron chi connectivity index (χ0n) is 14.8. The van der Waals surface area contributed by atoms with Gasteiger partial charge in [-0.1, -0.05) is 15.9 Å². The predicted molar refractivity (Wildman–Crippen MR) is 106 cm³/mol. The largest absolute Gasteiger partial charge is 0.252 e. The molecule has 0 spiro atoms. The fourth-order valence-electron chi connectivity index (χ4n) is 3.12. The molecule has 23 heavy (non-hydrogen) atoms.